The van der Waals surface area contributed by atoms with Gasteiger partial charge in [-0.05, 0) is 34.3 Å². The van der Waals surface area contributed by atoms with Crippen molar-refractivity contribution in [1.29, 1.82) is 0 Å². The van der Waals surface area contributed by atoms with Crippen molar-refractivity contribution in [3.05, 3.63) is 71.8 Å². The van der Waals surface area contributed by atoms with Crippen LogP contribution in [0.1, 0.15) is 50.7 Å². The first-order valence-corrected chi connectivity index (χ1v) is 13.5. The minimum Gasteiger partial charge on any atom is -0.393 e. The first-order chi connectivity index (χ1) is 19.3. The van der Waals surface area contributed by atoms with Gasteiger partial charge in [0.15, 0.2) is 0 Å². The predicted octanol–water partition coefficient (Wildman–Crippen LogP) is 5.03. The maximum absolute atomic E-state index is 11.5. The van der Waals surface area contributed by atoms with Gasteiger partial charge in [-0.3, -0.25) is 19.3 Å². The van der Waals surface area contributed by atoms with Gasteiger partial charge in [0.05, 0.1) is 6.61 Å². The van der Waals surface area contributed by atoms with E-state index in [-0.39, 0.29) is 25.1 Å². The number of unbranched alkanes of at least 4 members (excludes halogenated alkanes) is 2. The van der Waals surface area contributed by atoms with Crippen molar-refractivity contribution in [1.82, 2.24) is 10.1 Å². The fourth-order valence-electron chi connectivity index (χ4n) is 2.59. The lowest BCUT2D eigenvalue weighted by atomic mass is 10.2. The van der Waals surface area contributed by atoms with Gasteiger partial charge < -0.3 is 21.1 Å². The molecule has 2 amide bonds. The van der Waals surface area contributed by atoms with Crippen LogP contribution < -0.4 is 11.5 Å². The molecule has 0 fully saturated rings. The molecule has 4 N–H and O–H groups in total. The highest BCUT2D eigenvalue weighted by Crippen LogP contribution is 2.07. The molecule has 0 aliphatic rings. The van der Waals surface area contributed by atoms with E-state index in [2.05, 4.69) is 35.6 Å². The number of hydrogen-bond acceptors (Lipinski definition) is 8. The lowest BCUT2D eigenvalue weighted by molar-refractivity contribution is -0.0692. The number of nitrogens with two attached hydrogens (primary N) is 2. The van der Waals surface area contributed by atoms with Crippen LogP contribution >= 0.6 is 25.3 Å². The number of amides is 2. The van der Waals surface area contributed by atoms with Gasteiger partial charge >= 0.3 is 10.5 Å². The summed E-state index contributed by atoms with van der Waals surface area (Å²) in [4.78, 5) is 43.1. The molecule has 14 heteroatoms. The lowest BCUT2D eigenvalue weighted by Gasteiger charge is -2.17. The molecule has 0 aromatic heterocycles. The Bertz CT molecular complexity index is 1050. The number of hydrogen-bond donors (Lipinski definition) is 4. The average molecular weight is 595 g/mol. The van der Waals surface area contributed by atoms with Crippen LogP contribution in [0.5, 0.6) is 0 Å². The summed E-state index contributed by atoms with van der Waals surface area (Å²) in [6.07, 6.45) is 3.65. The molecule has 0 bridgehead atoms. The van der Waals surface area contributed by atoms with E-state index in [9.17, 15) is 9.59 Å². The zero-order valence-electron chi connectivity index (χ0n) is 22.7. The largest absolute Gasteiger partial charge is 0.393 e. The number of benzene rings is 2. The Kier molecular flexibility index (Phi) is 18.5. The molecule has 0 radical (unpaired) electrons. The third-order valence-electron chi connectivity index (χ3n) is 4.66. The van der Waals surface area contributed by atoms with Crippen LogP contribution in [0.3, 0.4) is 0 Å². The van der Waals surface area contributed by atoms with Gasteiger partial charge in [-0.2, -0.15) is 0 Å². The topological polar surface area (TPSA) is 154 Å². The Labute approximate surface area is 245 Å². The summed E-state index contributed by atoms with van der Waals surface area (Å²) in [6, 6.07) is 18.8. The van der Waals surface area contributed by atoms with Crippen LogP contribution in [-0.2, 0) is 32.6 Å². The molecule has 220 valence electrons. The maximum atomic E-state index is 11.5. The summed E-state index contributed by atoms with van der Waals surface area (Å²) >= 11 is 7.36. The number of carbonyl (C=O) groups excluding carboxylic acids is 2. The van der Waals surface area contributed by atoms with Crippen LogP contribution in [0, 0.1) is 0 Å². The van der Waals surface area contributed by atoms with Crippen LogP contribution in [-0.4, -0.2) is 45.7 Å². The Morgan fingerprint density at radius 1 is 0.700 bits per heavy atom. The van der Waals surface area contributed by atoms with Gasteiger partial charge in [0, 0.05) is 0 Å². The van der Waals surface area contributed by atoms with Gasteiger partial charge in [-0.1, -0.05) is 113 Å². The second kappa shape index (κ2) is 21.4. The van der Waals surface area contributed by atoms with Gasteiger partial charge in [0.25, 0.3) is 11.9 Å². The van der Waals surface area contributed by atoms with Crippen molar-refractivity contribution in [2.75, 3.05) is 13.2 Å². The Hall–Kier alpha value is -3.46. The smallest absolute Gasteiger partial charge is 0.309 e. The van der Waals surface area contributed by atoms with Crippen LogP contribution in [0.25, 0.3) is 0 Å². The van der Waals surface area contributed by atoms with E-state index < -0.39 is 10.5 Å². The summed E-state index contributed by atoms with van der Waals surface area (Å²) < 4.78 is 0. The number of hydroxylamine groups is 4. The van der Waals surface area contributed by atoms with E-state index in [4.69, 9.17) is 30.8 Å². The second-order valence-corrected chi connectivity index (χ2v) is 8.71. The fraction of sp³-hybridized carbons (Fsp3) is 0.385. The number of carbonyl (C=O) groups is 2. The SMILES string of the molecule is CCCCON=C(N)N(OCCCC)C(=O)S.NC(=NOCc1ccccc1)N(OCc1ccccc1)C(=O)S. The zero-order chi connectivity index (χ0) is 29.6. The first-order valence-electron chi connectivity index (χ1n) is 12.6. The quantitative estimate of drug-likeness (QED) is 0.0780. The summed E-state index contributed by atoms with van der Waals surface area (Å²) in [5.41, 5.74) is 13.1. The first kappa shape index (κ1) is 34.6. The average Bonchev–Trinajstić information content (AvgIpc) is 2.94. The molecule has 0 saturated heterocycles. The molecule has 0 atom stereocenters. The van der Waals surface area contributed by atoms with Crippen molar-refractivity contribution < 1.29 is 28.9 Å². The number of rotatable bonds is 14. The third kappa shape index (κ3) is 15.2. The molecular formula is C26H38N6O6S2. The van der Waals surface area contributed by atoms with Gasteiger partial charge in [-0.15, -0.1) is 10.1 Å². The van der Waals surface area contributed by atoms with E-state index in [1.165, 1.54) is 0 Å². The van der Waals surface area contributed by atoms with Crippen molar-refractivity contribution >= 4 is 47.7 Å². The van der Waals surface area contributed by atoms with E-state index in [0.717, 1.165) is 46.9 Å². The molecular weight excluding hydrogens is 556 g/mol. The zero-order valence-corrected chi connectivity index (χ0v) is 24.5. The molecule has 2 aromatic rings. The highest BCUT2D eigenvalue weighted by molar-refractivity contribution is 7.96. The van der Waals surface area contributed by atoms with Crippen molar-refractivity contribution in [2.24, 2.45) is 21.8 Å². The van der Waals surface area contributed by atoms with Gasteiger partial charge in [0.2, 0.25) is 0 Å². The number of guanidine groups is 2. The molecule has 40 heavy (non-hydrogen) atoms. The van der Waals surface area contributed by atoms with Crippen molar-refractivity contribution in [3.63, 3.8) is 0 Å². The molecule has 0 spiro atoms. The Morgan fingerprint density at radius 3 is 1.65 bits per heavy atom. The molecule has 0 heterocycles. The molecule has 0 aliphatic carbocycles. The molecule has 0 aliphatic heterocycles. The van der Waals surface area contributed by atoms with Crippen molar-refractivity contribution in [3.8, 4) is 0 Å². The Balaban J connectivity index is 0.000000421. The maximum Gasteiger partial charge on any atom is 0.309 e. The van der Waals surface area contributed by atoms with E-state index in [1.54, 1.807) is 0 Å². The predicted molar refractivity (Wildman–Crippen MR) is 160 cm³/mol. The van der Waals surface area contributed by atoms with Crippen LogP contribution in [0.4, 0.5) is 9.59 Å². The van der Waals surface area contributed by atoms with Crippen LogP contribution in [0.15, 0.2) is 71.0 Å². The van der Waals surface area contributed by atoms with E-state index >= 15 is 0 Å². The van der Waals surface area contributed by atoms with Gasteiger partial charge in [-0.25, -0.2) is 0 Å². The monoisotopic (exact) mass is 594 g/mol. The van der Waals surface area contributed by atoms with E-state index in [0.29, 0.717) is 13.2 Å². The third-order valence-corrected chi connectivity index (χ3v) is 5.03. The van der Waals surface area contributed by atoms with Crippen molar-refractivity contribution in [2.45, 2.75) is 52.7 Å². The Morgan fingerprint density at radius 2 is 1.15 bits per heavy atom. The molecule has 12 nitrogen and oxygen atoms in total. The highest BCUT2D eigenvalue weighted by atomic mass is 32.1. The highest BCUT2D eigenvalue weighted by Gasteiger charge is 2.17. The van der Waals surface area contributed by atoms with E-state index in [1.807, 2.05) is 74.5 Å². The normalized spacial score (nSPS) is 11.2. The molecule has 2 aromatic carbocycles. The summed E-state index contributed by atoms with van der Waals surface area (Å²) in [6.45, 7) is 5.28. The minimum absolute atomic E-state index is 0.141. The summed E-state index contributed by atoms with van der Waals surface area (Å²) in [5, 5.41) is 7.56. The molecule has 0 unspecified atom stereocenters. The molecule has 2 rings (SSSR count). The number of nitrogens with zero attached hydrogens (tertiary/aromatic N) is 4. The standard InChI is InChI=1S/C16H17N3O3S.C10H21N3O3S/c17-15(18-21-11-13-7-3-1-4-8-13)19(16(20)23)22-12-14-9-5-2-6-10-14;1-3-5-7-15-12-9(11)13(10(14)17)16-8-6-4-2/h1-10H,11-12H2,(H2,17,18)(H,20,23);3-8H2,1-2H3,(H2,11,12)(H,14,17). The molecule has 0 saturated carbocycles. The minimum atomic E-state index is -0.689. The van der Waals surface area contributed by atoms with Gasteiger partial charge in [0.1, 0.15) is 19.8 Å². The van der Waals surface area contributed by atoms with Crippen LogP contribution in [0.2, 0.25) is 0 Å². The summed E-state index contributed by atoms with van der Waals surface area (Å²) in [5.74, 6) is -0.367. The summed E-state index contributed by atoms with van der Waals surface area (Å²) in [7, 11) is 0. The number of oxime groups is 2. The number of thiol groups is 2. The second-order valence-electron chi connectivity index (χ2n) is 7.94. The lowest BCUT2D eigenvalue weighted by Crippen LogP contribution is -2.39. The fourth-order valence-corrected chi connectivity index (χ4v) is 2.91.